The van der Waals surface area contributed by atoms with Gasteiger partial charge in [0.25, 0.3) is 0 Å². The first-order chi connectivity index (χ1) is 17.3. The van der Waals surface area contributed by atoms with Crippen molar-refractivity contribution in [1.82, 2.24) is 0 Å². The lowest BCUT2D eigenvalue weighted by Gasteiger charge is -2.35. The average Bonchev–Trinajstić information content (AvgIpc) is 2.90. The number of carbonyl (C=O) groups is 5. The molecule has 0 aromatic heterocycles. The largest absolute Gasteiger partial charge is 0.323 e. The van der Waals surface area contributed by atoms with Crippen LogP contribution in [-0.2, 0) is 4.79 Å². The van der Waals surface area contributed by atoms with Gasteiger partial charge in [-0.1, -0.05) is 72.8 Å². The third kappa shape index (κ3) is 2.87. The third-order valence-electron chi connectivity index (χ3n) is 6.93. The van der Waals surface area contributed by atoms with Crippen LogP contribution in [0.5, 0.6) is 0 Å². The van der Waals surface area contributed by atoms with E-state index in [1.807, 2.05) is 0 Å². The lowest BCUT2D eigenvalue weighted by molar-refractivity contribution is -0.119. The zero-order valence-electron chi connectivity index (χ0n) is 18.8. The van der Waals surface area contributed by atoms with Crippen molar-refractivity contribution in [2.45, 2.75) is 12.0 Å². The summed E-state index contributed by atoms with van der Waals surface area (Å²) < 4.78 is 0. The average molecular weight is 474 g/mol. The van der Waals surface area contributed by atoms with E-state index in [0.29, 0.717) is 5.56 Å². The summed E-state index contributed by atoms with van der Waals surface area (Å²) in [7, 11) is 0. The van der Waals surface area contributed by atoms with Gasteiger partial charge in [-0.15, -0.1) is 0 Å². The Bertz CT molecular complexity index is 1640. The van der Waals surface area contributed by atoms with E-state index in [9.17, 15) is 24.0 Å². The van der Waals surface area contributed by atoms with E-state index >= 15 is 0 Å². The molecule has 1 atom stereocenters. The number of anilines is 1. The predicted molar refractivity (Wildman–Crippen MR) is 131 cm³/mol. The molecule has 3 N–H and O–H groups in total. The summed E-state index contributed by atoms with van der Waals surface area (Å²) in [6.07, 6.45) is 3.08. The lowest BCUT2D eigenvalue weighted by Crippen LogP contribution is -2.56. The molecule has 3 aromatic carbocycles. The van der Waals surface area contributed by atoms with Crippen LogP contribution in [0.25, 0.3) is 0 Å². The van der Waals surface area contributed by atoms with Gasteiger partial charge < -0.3 is 11.1 Å². The topological polar surface area (TPSA) is 123 Å². The number of allylic oxidation sites excluding steroid dienone is 2. The molecule has 0 bridgehead atoms. The number of rotatable bonds is 2. The maximum atomic E-state index is 13.7. The summed E-state index contributed by atoms with van der Waals surface area (Å²) in [5, 5.41) is 2.69. The fourth-order valence-electron chi connectivity index (χ4n) is 5.15. The highest BCUT2D eigenvalue weighted by Gasteiger charge is 2.48. The van der Waals surface area contributed by atoms with Gasteiger partial charge in [0.1, 0.15) is 5.54 Å². The zero-order chi connectivity index (χ0) is 25.2. The first-order valence-corrected chi connectivity index (χ1v) is 11.3. The van der Waals surface area contributed by atoms with Gasteiger partial charge in [-0.05, 0) is 12.5 Å². The highest BCUT2D eigenvalue weighted by atomic mass is 16.2. The molecule has 1 unspecified atom stereocenters. The van der Waals surface area contributed by atoms with Gasteiger partial charge in [0.05, 0.1) is 11.3 Å². The van der Waals surface area contributed by atoms with Crippen LogP contribution in [0.2, 0.25) is 0 Å². The molecule has 0 aliphatic heterocycles. The normalized spacial score (nSPS) is 19.9. The van der Waals surface area contributed by atoms with Crippen molar-refractivity contribution in [2.24, 2.45) is 5.73 Å². The molecular weight excluding hydrogens is 456 g/mol. The van der Waals surface area contributed by atoms with Gasteiger partial charge in [0, 0.05) is 39.0 Å². The summed E-state index contributed by atoms with van der Waals surface area (Å²) >= 11 is 0. The minimum absolute atomic E-state index is 0.0242. The summed E-state index contributed by atoms with van der Waals surface area (Å²) in [5.41, 5.74) is 6.07. The fraction of sp³-hybridized carbons (Fsp3) is 0.0690. The minimum atomic E-state index is -1.85. The number of nitrogens with two attached hydrogens (primary N) is 1. The minimum Gasteiger partial charge on any atom is -0.323 e. The smallest absolute Gasteiger partial charge is 0.249 e. The molecule has 0 radical (unpaired) electrons. The third-order valence-corrected chi connectivity index (χ3v) is 6.93. The van der Waals surface area contributed by atoms with Gasteiger partial charge >= 0.3 is 0 Å². The number of hydrogen-bond donors (Lipinski definition) is 2. The van der Waals surface area contributed by atoms with E-state index in [-0.39, 0.29) is 62.6 Å². The first-order valence-electron chi connectivity index (χ1n) is 11.3. The van der Waals surface area contributed by atoms with Crippen molar-refractivity contribution in [2.75, 3.05) is 5.32 Å². The van der Waals surface area contributed by atoms with Gasteiger partial charge in [-0.25, -0.2) is 0 Å². The Hall–Kier alpha value is -4.75. The van der Waals surface area contributed by atoms with Gasteiger partial charge in [0.2, 0.25) is 5.91 Å². The van der Waals surface area contributed by atoms with Crippen molar-refractivity contribution >= 4 is 34.7 Å². The van der Waals surface area contributed by atoms with Crippen LogP contribution in [0.1, 0.15) is 59.0 Å². The van der Waals surface area contributed by atoms with Crippen LogP contribution in [0.15, 0.2) is 90.0 Å². The highest BCUT2D eigenvalue weighted by molar-refractivity contribution is 6.32. The number of fused-ring (bicyclic) bond motifs is 3. The van der Waals surface area contributed by atoms with Crippen LogP contribution in [0.3, 0.4) is 0 Å². The van der Waals surface area contributed by atoms with Crippen LogP contribution in [-0.4, -0.2) is 34.6 Å². The molecule has 3 aliphatic carbocycles. The zero-order valence-corrected chi connectivity index (χ0v) is 18.8. The maximum Gasteiger partial charge on any atom is 0.249 e. The maximum absolute atomic E-state index is 13.7. The fourth-order valence-corrected chi connectivity index (χ4v) is 5.15. The quantitative estimate of drug-likeness (QED) is 0.459. The van der Waals surface area contributed by atoms with Gasteiger partial charge in [0.15, 0.2) is 23.1 Å². The highest BCUT2D eigenvalue weighted by Crippen LogP contribution is 2.38. The van der Waals surface area contributed by atoms with Crippen LogP contribution < -0.4 is 11.1 Å². The van der Waals surface area contributed by atoms with Gasteiger partial charge in [-0.2, -0.15) is 0 Å². The number of ketones is 4. The number of amides is 1. The Morgan fingerprint density at radius 3 is 1.92 bits per heavy atom. The second-order valence-electron chi connectivity index (χ2n) is 8.96. The Morgan fingerprint density at radius 2 is 1.25 bits per heavy atom. The van der Waals surface area contributed by atoms with E-state index in [1.54, 1.807) is 54.6 Å². The number of benzene rings is 3. The summed E-state index contributed by atoms with van der Waals surface area (Å²) in [6, 6.07) is 17.5. The molecule has 36 heavy (non-hydrogen) atoms. The Labute approximate surface area is 205 Å². The summed E-state index contributed by atoms with van der Waals surface area (Å²) in [6.45, 7) is 0. The van der Waals surface area contributed by atoms with Crippen LogP contribution >= 0.6 is 0 Å². The van der Waals surface area contributed by atoms with Crippen molar-refractivity contribution in [3.8, 4) is 0 Å². The SMILES string of the molecule is NC1(C(=O)Nc2cccc3c2C(=O)c2ccccc2C3=O)CC=CC2=C1C(=O)c1ccccc1C2=O. The molecule has 6 rings (SSSR count). The second kappa shape index (κ2) is 7.63. The molecule has 7 heteroatoms. The van der Waals surface area contributed by atoms with E-state index < -0.39 is 23.0 Å². The standard InChI is InChI=1S/C29H18N2O5/c30-29(14-6-12-20-23(29)27(35)18-10-4-2-8-16(18)25(20)33)28(36)31-21-13-5-11-19-22(21)26(34)17-9-3-1-7-15(17)24(19)32/h1-13H,14,30H2,(H,31,36). The monoisotopic (exact) mass is 474 g/mol. The van der Waals surface area contributed by atoms with E-state index in [0.717, 1.165) is 0 Å². The second-order valence-corrected chi connectivity index (χ2v) is 8.96. The molecule has 0 spiro atoms. The molecule has 7 nitrogen and oxygen atoms in total. The number of nitrogens with one attached hydrogen (secondary N) is 1. The summed E-state index contributed by atoms with van der Waals surface area (Å²) in [5.74, 6) is -2.35. The molecular formula is C29H18N2O5. The van der Waals surface area contributed by atoms with Crippen molar-refractivity contribution in [3.05, 3.63) is 123 Å². The van der Waals surface area contributed by atoms with Crippen molar-refractivity contribution in [1.29, 1.82) is 0 Å². The predicted octanol–water partition coefficient (Wildman–Crippen LogP) is 3.43. The van der Waals surface area contributed by atoms with E-state index in [4.69, 9.17) is 5.73 Å². The molecule has 0 saturated carbocycles. The Morgan fingerprint density at radius 1 is 0.694 bits per heavy atom. The summed E-state index contributed by atoms with van der Waals surface area (Å²) in [4.78, 5) is 66.6. The number of hydrogen-bond acceptors (Lipinski definition) is 6. The molecule has 3 aliphatic rings. The molecule has 174 valence electrons. The molecule has 0 heterocycles. The Balaban J connectivity index is 1.42. The van der Waals surface area contributed by atoms with Crippen molar-refractivity contribution < 1.29 is 24.0 Å². The molecule has 3 aromatic rings. The van der Waals surface area contributed by atoms with Crippen molar-refractivity contribution in [3.63, 3.8) is 0 Å². The van der Waals surface area contributed by atoms with Crippen LogP contribution in [0.4, 0.5) is 5.69 Å². The number of Topliss-reactive ketones (excluding diaryl/α,β-unsaturated/α-hetero) is 2. The lowest BCUT2D eigenvalue weighted by atomic mass is 9.71. The van der Waals surface area contributed by atoms with Crippen LogP contribution in [0, 0.1) is 0 Å². The Kier molecular flexibility index (Phi) is 4.61. The number of carbonyl (C=O) groups excluding carboxylic acids is 5. The molecule has 0 saturated heterocycles. The molecule has 0 fully saturated rings. The van der Waals surface area contributed by atoms with Gasteiger partial charge in [-0.3, -0.25) is 24.0 Å². The molecule has 1 amide bonds. The van der Waals surface area contributed by atoms with E-state index in [1.165, 1.54) is 24.3 Å². The van der Waals surface area contributed by atoms with E-state index in [2.05, 4.69) is 5.32 Å². The first kappa shape index (κ1) is 21.8.